The molecular formula is C18H27NO2. The van der Waals surface area contributed by atoms with E-state index >= 15 is 0 Å². The Balaban J connectivity index is 2.60. The van der Waals surface area contributed by atoms with Crippen LogP contribution in [0.5, 0.6) is 0 Å². The Morgan fingerprint density at radius 3 is 2.81 bits per heavy atom. The molecule has 0 bridgehead atoms. The van der Waals surface area contributed by atoms with Gasteiger partial charge in [0.25, 0.3) is 0 Å². The average Bonchev–Trinajstić information content (AvgIpc) is 2.43. The van der Waals surface area contributed by atoms with E-state index in [0.717, 1.165) is 19.5 Å². The summed E-state index contributed by atoms with van der Waals surface area (Å²) in [5.74, 6) is 2.41. The molecule has 0 unspecified atom stereocenters. The maximum atomic E-state index is 10.0. The van der Waals surface area contributed by atoms with Crippen molar-refractivity contribution in [1.29, 1.82) is 0 Å². The highest BCUT2D eigenvalue weighted by Gasteiger charge is 2.13. The molecule has 0 aliphatic heterocycles. The Hall–Kier alpha value is -1.34. The molecule has 3 nitrogen and oxygen atoms in total. The number of rotatable bonds is 9. The van der Waals surface area contributed by atoms with Crippen molar-refractivity contribution >= 4 is 0 Å². The molecule has 0 amide bonds. The molecule has 1 aromatic rings. The highest BCUT2D eigenvalue weighted by atomic mass is 16.5. The third kappa shape index (κ3) is 6.77. The number of nitrogens with zero attached hydrogens (tertiary/aromatic N) is 1. The van der Waals surface area contributed by atoms with Crippen molar-refractivity contribution in [2.24, 2.45) is 0 Å². The average molecular weight is 289 g/mol. The molecule has 3 heteroatoms. The van der Waals surface area contributed by atoms with Crippen molar-refractivity contribution in [3.63, 3.8) is 0 Å². The molecule has 0 heterocycles. The summed E-state index contributed by atoms with van der Waals surface area (Å²) in [4.78, 5) is 2.27. The zero-order valence-electron chi connectivity index (χ0n) is 13.4. The molecule has 0 aliphatic carbocycles. The van der Waals surface area contributed by atoms with Crippen LogP contribution in [0.1, 0.15) is 30.0 Å². The summed E-state index contributed by atoms with van der Waals surface area (Å²) in [6.45, 7) is 9.34. The molecule has 21 heavy (non-hydrogen) atoms. The van der Waals surface area contributed by atoms with Crippen LogP contribution in [0.25, 0.3) is 0 Å². The van der Waals surface area contributed by atoms with Crippen molar-refractivity contribution in [3.05, 3.63) is 34.9 Å². The standard InChI is InChI=1S/C18H27NO2/c1-5-9-19(13-18(20)14-21-10-6-2)12-17-11-15(3)7-8-16(17)4/h2,7-8,11,18,20H,5,9-10,12-14H2,1,3-4H3/t18-/m0/s1. The summed E-state index contributed by atoms with van der Waals surface area (Å²) >= 11 is 0. The fourth-order valence-electron chi connectivity index (χ4n) is 2.37. The molecule has 0 spiro atoms. The van der Waals surface area contributed by atoms with Crippen LogP contribution in [0.15, 0.2) is 18.2 Å². The van der Waals surface area contributed by atoms with Gasteiger partial charge in [-0.15, -0.1) is 6.42 Å². The van der Waals surface area contributed by atoms with Crippen LogP contribution >= 0.6 is 0 Å². The molecule has 0 saturated carbocycles. The molecule has 0 fully saturated rings. The van der Waals surface area contributed by atoms with Crippen molar-refractivity contribution in [2.75, 3.05) is 26.3 Å². The quantitative estimate of drug-likeness (QED) is 0.560. The SMILES string of the molecule is C#CCOC[C@@H](O)CN(CCC)Cc1cc(C)ccc1C. The minimum Gasteiger partial charge on any atom is -0.389 e. The van der Waals surface area contributed by atoms with Crippen LogP contribution in [-0.2, 0) is 11.3 Å². The molecule has 116 valence electrons. The van der Waals surface area contributed by atoms with E-state index in [1.807, 2.05) is 0 Å². The molecule has 1 N–H and O–H groups in total. The minimum absolute atomic E-state index is 0.252. The van der Waals surface area contributed by atoms with Gasteiger partial charge in [0.1, 0.15) is 6.61 Å². The normalized spacial score (nSPS) is 12.4. The molecule has 0 aromatic heterocycles. The smallest absolute Gasteiger partial charge is 0.107 e. The van der Waals surface area contributed by atoms with E-state index in [4.69, 9.17) is 11.2 Å². The second-order valence-corrected chi connectivity index (χ2v) is 5.54. The second-order valence-electron chi connectivity index (χ2n) is 5.54. The summed E-state index contributed by atoms with van der Waals surface area (Å²) in [7, 11) is 0. The summed E-state index contributed by atoms with van der Waals surface area (Å²) < 4.78 is 5.20. The molecule has 1 aromatic carbocycles. The zero-order chi connectivity index (χ0) is 15.7. The molecular weight excluding hydrogens is 262 g/mol. The molecule has 0 saturated heterocycles. The predicted octanol–water partition coefficient (Wildman–Crippen LogP) is 2.53. The third-order valence-corrected chi connectivity index (χ3v) is 3.40. The number of aliphatic hydroxyl groups excluding tert-OH is 1. The lowest BCUT2D eigenvalue weighted by molar-refractivity contribution is 0.0261. The molecule has 1 rings (SSSR count). The van der Waals surface area contributed by atoms with E-state index in [9.17, 15) is 5.11 Å². The van der Waals surface area contributed by atoms with Gasteiger partial charge in [-0.1, -0.05) is 36.6 Å². The lowest BCUT2D eigenvalue weighted by Crippen LogP contribution is -2.35. The van der Waals surface area contributed by atoms with Gasteiger partial charge in [-0.3, -0.25) is 4.90 Å². The molecule has 0 aliphatic rings. The van der Waals surface area contributed by atoms with Crippen LogP contribution < -0.4 is 0 Å². The van der Waals surface area contributed by atoms with Crippen molar-refractivity contribution in [2.45, 2.75) is 39.8 Å². The number of hydrogen-bond donors (Lipinski definition) is 1. The fourth-order valence-corrected chi connectivity index (χ4v) is 2.37. The first kappa shape index (κ1) is 17.7. The maximum absolute atomic E-state index is 10.0. The van der Waals surface area contributed by atoms with Crippen LogP contribution in [0.4, 0.5) is 0 Å². The third-order valence-electron chi connectivity index (χ3n) is 3.40. The van der Waals surface area contributed by atoms with Gasteiger partial charge in [-0.25, -0.2) is 0 Å². The molecule has 0 radical (unpaired) electrons. The van der Waals surface area contributed by atoms with E-state index in [0.29, 0.717) is 6.54 Å². The van der Waals surface area contributed by atoms with Crippen molar-refractivity contribution in [1.82, 2.24) is 4.90 Å². The zero-order valence-corrected chi connectivity index (χ0v) is 13.4. The fraction of sp³-hybridized carbons (Fsp3) is 0.556. The maximum Gasteiger partial charge on any atom is 0.107 e. The first-order chi connectivity index (χ1) is 10.1. The number of aliphatic hydroxyl groups is 1. The molecule has 1 atom stereocenters. The van der Waals surface area contributed by atoms with Crippen LogP contribution in [-0.4, -0.2) is 42.4 Å². The Labute approximate surface area is 128 Å². The lowest BCUT2D eigenvalue weighted by atomic mass is 10.0. The summed E-state index contributed by atoms with van der Waals surface area (Å²) in [5.41, 5.74) is 3.88. The van der Waals surface area contributed by atoms with Crippen LogP contribution in [0.3, 0.4) is 0 Å². The lowest BCUT2D eigenvalue weighted by Gasteiger charge is -2.25. The largest absolute Gasteiger partial charge is 0.389 e. The van der Waals surface area contributed by atoms with Gasteiger partial charge in [0, 0.05) is 13.1 Å². The van der Waals surface area contributed by atoms with Gasteiger partial charge >= 0.3 is 0 Å². The first-order valence-corrected chi connectivity index (χ1v) is 7.54. The highest BCUT2D eigenvalue weighted by molar-refractivity contribution is 5.30. The topological polar surface area (TPSA) is 32.7 Å². The minimum atomic E-state index is -0.505. The van der Waals surface area contributed by atoms with Gasteiger partial charge in [-0.2, -0.15) is 0 Å². The monoisotopic (exact) mass is 289 g/mol. The van der Waals surface area contributed by atoms with Gasteiger partial charge in [0.2, 0.25) is 0 Å². The summed E-state index contributed by atoms with van der Waals surface area (Å²) in [6, 6.07) is 6.51. The van der Waals surface area contributed by atoms with E-state index in [1.165, 1.54) is 16.7 Å². The first-order valence-electron chi connectivity index (χ1n) is 7.54. The number of benzene rings is 1. The van der Waals surface area contributed by atoms with Gasteiger partial charge in [0.15, 0.2) is 0 Å². The number of terminal acetylenes is 1. The highest BCUT2D eigenvalue weighted by Crippen LogP contribution is 2.14. The van der Waals surface area contributed by atoms with E-state index < -0.39 is 6.10 Å². The summed E-state index contributed by atoms with van der Waals surface area (Å²) in [6.07, 6.45) is 5.68. The predicted molar refractivity (Wildman–Crippen MR) is 87.1 cm³/mol. The van der Waals surface area contributed by atoms with Crippen LogP contribution in [0.2, 0.25) is 0 Å². The van der Waals surface area contributed by atoms with E-state index in [-0.39, 0.29) is 13.2 Å². The van der Waals surface area contributed by atoms with E-state index in [2.05, 4.69) is 49.8 Å². The van der Waals surface area contributed by atoms with Gasteiger partial charge in [0.05, 0.1) is 12.7 Å². The Bertz CT molecular complexity index is 465. The number of hydrogen-bond acceptors (Lipinski definition) is 3. The Morgan fingerprint density at radius 2 is 2.14 bits per heavy atom. The van der Waals surface area contributed by atoms with E-state index in [1.54, 1.807) is 0 Å². The number of aryl methyl sites for hydroxylation is 2. The summed E-state index contributed by atoms with van der Waals surface area (Å²) in [5, 5.41) is 10.0. The van der Waals surface area contributed by atoms with Gasteiger partial charge < -0.3 is 9.84 Å². The van der Waals surface area contributed by atoms with Crippen molar-refractivity contribution in [3.8, 4) is 12.3 Å². The van der Waals surface area contributed by atoms with Crippen LogP contribution in [0, 0.1) is 26.2 Å². The second kappa shape index (κ2) is 9.57. The van der Waals surface area contributed by atoms with Crippen molar-refractivity contribution < 1.29 is 9.84 Å². The Morgan fingerprint density at radius 1 is 1.38 bits per heavy atom. The van der Waals surface area contributed by atoms with Gasteiger partial charge in [-0.05, 0) is 37.9 Å². The number of ether oxygens (including phenoxy) is 1. The Kier molecular flexibility index (Phi) is 8.07.